The van der Waals surface area contributed by atoms with Gasteiger partial charge in [0.25, 0.3) is 5.69 Å². The van der Waals surface area contributed by atoms with Gasteiger partial charge in [0.15, 0.2) is 0 Å². The lowest BCUT2D eigenvalue weighted by Crippen LogP contribution is -2.17. The largest absolute Gasteiger partial charge is 0.379 e. The van der Waals surface area contributed by atoms with Gasteiger partial charge in [-0.25, -0.2) is 0 Å². The van der Waals surface area contributed by atoms with Crippen molar-refractivity contribution >= 4 is 23.0 Å². The number of carbonyl (C=O) groups is 1. The molecule has 0 radical (unpaired) electrons. The van der Waals surface area contributed by atoms with E-state index in [1.54, 1.807) is 18.2 Å². The predicted molar refractivity (Wildman–Crippen MR) is 90.7 cm³/mol. The summed E-state index contributed by atoms with van der Waals surface area (Å²) in [6, 6.07) is 14.0. The normalized spacial score (nSPS) is 10.1. The standard InChI is InChI=1S/C17H19N3O3/c1-2-13-7-3-4-8-14(13)19-17(21)11-12-18-15-9-5-6-10-16(15)20(22)23/h3-10,18H,2,11-12H2,1H3,(H,19,21). The van der Waals surface area contributed by atoms with Crippen LogP contribution in [0.4, 0.5) is 17.1 Å². The van der Waals surface area contributed by atoms with E-state index in [0.717, 1.165) is 17.7 Å². The molecule has 120 valence electrons. The van der Waals surface area contributed by atoms with E-state index >= 15 is 0 Å². The third kappa shape index (κ3) is 4.54. The molecule has 0 aliphatic rings. The van der Waals surface area contributed by atoms with Gasteiger partial charge in [-0.15, -0.1) is 0 Å². The number of benzene rings is 2. The Morgan fingerprint density at radius 2 is 1.74 bits per heavy atom. The number of carbonyl (C=O) groups excluding carboxylic acids is 1. The van der Waals surface area contributed by atoms with E-state index in [4.69, 9.17) is 0 Å². The third-order valence-corrected chi connectivity index (χ3v) is 3.44. The van der Waals surface area contributed by atoms with E-state index in [-0.39, 0.29) is 18.0 Å². The van der Waals surface area contributed by atoms with E-state index in [0.29, 0.717) is 12.2 Å². The van der Waals surface area contributed by atoms with Crippen molar-refractivity contribution in [1.82, 2.24) is 0 Å². The number of aryl methyl sites for hydroxylation is 1. The maximum Gasteiger partial charge on any atom is 0.292 e. The van der Waals surface area contributed by atoms with Crippen molar-refractivity contribution in [3.63, 3.8) is 0 Å². The Balaban J connectivity index is 1.89. The molecule has 0 aromatic heterocycles. The fraction of sp³-hybridized carbons (Fsp3) is 0.235. The summed E-state index contributed by atoms with van der Waals surface area (Å²) in [7, 11) is 0. The van der Waals surface area contributed by atoms with Crippen LogP contribution in [-0.2, 0) is 11.2 Å². The number of para-hydroxylation sites is 3. The maximum absolute atomic E-state index is 12.0. The van der Waals surface area contributed by atoms with Gasteiger partial charge < -0.3 is 10.6 Å². The molecule has 6 nitrogen and oxygen atoms in total. The van der Waals surface area contributed by atoms with Crippen LogP contribution in [0.15, 0.2) is 48.5 Å². The van der Waals surface area contributed by atoms with Crippen LogP contribution >= 0.6 is 0 Å². The van der Waals surface area contributed by atoms with Gasteiger partial charge in [0, 0.05) is 24.7 Å². The van der Waals surface area contributed by atoms with Crippen molar-refractivity contribution in [3.05, 3.63) is 64.2 Å². The second-order valence-corrected chi connectivity index (χ2v) is 5.01. The molecule has 0 aliphatic carbocycles. The Hall–Kier alpha value is -2.89. The van der Waals surface area contributed by atoms with Gasteiger partial charge in [-0.2, -0.15) is 0 Å². The molecule has 2 aromatic rings. The minimum absolute atomic E-state index is 0.00392. The summed E-state index contributed by atoms with van der Waals surface area (Å²) in [6.45, 7) is 2.35. The molecule has 0 aliphatic heterocycles. The third-order valence-electron chi connectivity index (χ3n) is 3.44. The summed E-state index contributed by atoms with van der Waals surface area (Å²) in [4.78, 5) is 22.5. The molecular weight excluding hydrogens is 294 g/mol. The second-order valence-electron chi connectivity index (χ2n) is 5.01. The van der Waals surface area contributed by atoms with Crippen molar-refractivity contribution in [2.24, 2.45) is 0 Å². The summed E-state index contributed by atoms with van der Waals surface area (Å²) >= 11 is 0. The first kappa shape index (κ1) is 16.5. The lowest BCUT2D eigenvalue weighted by Gasteiger charge is -2.10. The van der Waals surface area contributed by atoms with E-state index < -0.39 is 4.92 Å². The second kappa shape index (κ2) is 7.93. The van der Waals surface area contributed by atoms with Gasteiger partial charge in [-0.1, -0.05) is 37.3 Å². The molecule has 23 heavy (non-hydrogen) atoms. The van der Waals surface area contributed by atoms with Crippen LogP contribution < -0.4 is 10.6 Å². The highest BCUT2D eigenvalue weighted by Gasteiger charge is 2.12. The topological polar surface area (TPSA) is 84.3 Å². The molecule has 6 heteroatoms. The molecule has 0 bridgehead atoms. The van der Waals surface area contributed by atoms with Crippen LogP contribution in [0.1, 0.15) is 18.9 Å². The monoisotopic (exact) mass is 313 g/mol. The number of nitro groups is 1. The molecular formula is C17H19N3O3. The first-order valence-electron chi connectivity index (χ1n) is 7.47. The molecule has 0 saturated heterocycles. The minimum atomic E-state index is -0.445. The number of rotatable bonds is 7. The summed E-state index contributed by atoms with van der Waals surface area (Å²) in [5, 5.41) is 16.7. The lowest BCUT2D eigenvalue weighted by molar-refractivity contribution is -0.384. The predicted octanol–water partition coefficient (Wildman–Crippen LogP) is 3.60. The van der Waals surface area contributed by atoms with Gasteiger partial charge in [0.1, 0.15) is 5.69 Å². The zero-order valence-corrected chi connectivity index (χ0v) is 12.9. The first-order valence-corrected chi connectivity index (χ1v) is 7.47. The van der Waals surface area contributed by atoms with Gasteiger partial charge in [0.05, 0.1) is 4.92 Å². The number of nitrogens with one attached hydrogen (secondary N) is 2. The number of hydrogen-bond donors (Lipinski definition) is 2. The van der Waals surface area contributed by atoms with E-state index in [1.165, 1.54) is 6.07 Å². The quantitative estimate of drug-likeness (QED) is 0.604. The van der Waals surface area contributed by atoms with Crippen LogP contribution in [0.5, 0.6) is 0 Å². The fourth-order valence-electron chi connectivity index (χ4n) is 2.26. The number of nitrogens with zero attached hydrogens (tertiary/aromatic N) is 1. The molecule has 2 aromatic carbocycles. The molecule has 0 saturated carbocycles. The molecule has 0 heterocycles. The number of amides is 1. The van der Waals surface area contributed by atoms with Crippen molar-refractivity contribution in [2.45, 2.75) is 19.8 Å². The zero-order chi connectivity index (χ0) is 16.7. The van der Waals surface area contributed by atoms with Crippen molar-refractivity contribution in [1.29, 1.82) is 0 Å². The van der Waals surface area contributed by atoms with Crippen LogP contribution in [0.25, 0.3) is 0 Å². The average Bonchev–Trinajstić information content (AvgIpc) is 2.55. The lowest BCUT2D eigenvalue weighted by atomic mass is 10.1. The number of hydrogen-bond acceptors (Lipinski definition) is 4. The van der Waals surface area contributed by atoms with Gasteiger partial charge in [-0.05, 0) is 24.1 Å². The zero-order valence-electron chi connectivity index (χ0n) is 12.9. The Morgan fingerprint density at radius 3 is 2.43 bits per heavy atom. The van der Waals surface area contributed by atoms with Gasteiger partial charge in [-0.3, -0.25) is 14.9 Å². The van der Waals surface area contributed by atoms with Crippen molar-refractivity contribution < 1.29 is 9.72 Å². The summed E-state index contributed by atoms with van der Waals surface area (Å²) in [5.74, 6) is -0.128. The Kier molecular flexibility index (Phi) is 5.68. The average molecular weight is 313 g/mol. The summed E-state index contributed by atoms with van der Waals surface area (Å²) in [6.07, 6.45) is 1.06. The SMILES string of the molecule is CCc1ccccc1NC(=O)CCNc1ccccc1[N+](=O)[O-]. The highest BCUT2D eigenvalue weighted by molar-refractivity contribution is 5.91. The van der Waals surface area contributed by atoms with E-state index in [2.05, 4.69) is 10.6 Å². The molecule has 0 unspecified atom stereocenters. The van der Waals surface area contributed by atoms with Crippen LogP contribution in [0, 0.1) is 10.1 Å². The molecule has 0 spiro atoms. The van der Waals surface area contributed by atoms with Gasteiger partial charge in [0.2, 0.25) is 5.91 Å². The molecule has 0 atom stereocenters. The minimum Gasteiger partial charge on any atom is -0.379 e. The number of anilines is 2. The highest BCUT2D eigenvalue weighted by atomic mass is 16.6. The highest BCUT2D eigenvalue weighted by Crippen LogP contribution is 2.23. The van der Waals surface area contributed by atoms with E-state index in [9.17, 15) is 14.9 Å². The van der Waals surface area contributed by atoms with Crippen molar-refractivity contribution in [2.75, 3.05) is 17.2 Å². The van der Waals surface area contributed by atoms with Crippen LogP contribution in [0.2, 0.25) is 0 Å². The first-order chi connectivity index (χ1) is 11.1. The Bertz CT molecular complexity index is 701. The van der Waals surface area contributed by atoms with Gasteiger partial charge >= 0.3 is 0 Å². The summed E-state index contributed by atoms with van der Waals surface area (Å²) in [5.41, 5.74) is 2.31. The molecule has 2 N–H and O–H groups in total. The van der Waals surface area contributed by atoms with Crippen LogP contribution in [-0.4, -0.2) is 17.4 Å². The summed E-state index contributed by atoms with van der Waals surface area (Å²) < 4.78 is 0. The Morgan fingerprint density at radius 1 is 1.09 bits per heavy atom. The maximum atomic E-state index is 12.0. The fourth-order valence-corrected chi connectivity index (χ4v) is 2.26. The smallest absolute Gasteiger partial charge is 0.292 e. The number of nitro benzene ring substituents is 1. The van der Waals surface area contributed by atoms with Crippen molar-refractivity contribution in [3.8, 4) is 0 Å². The van der Waals surface area contributed by atoms with E-state index in [1.807, 2.05) is 31.2 Å². The molecule has 1 amide bonds. The Labute approximate surface area is 134 Å². The molecule has 2 rings (SSSR count). The molecule has 0 fully saturated rings. The van der Waals surface area contributed by atoms with Crippen LogP contribution in [0.3, 0.4) is 0 Å².